The number of nitrogens with one attached hydrogen (secondary N) is 1. The van der Waals surface area contributed by atoms with E-state index in [4.69, 9.17) is 23.2 Å². The summed E-state index contributed by atoms with van der Waals surface area (Å²) in [4.78, 5) is 0. The van der Waals surface area contributed by atoms with Crippen LogP contribution in [0, 0.1) is 11.8 Å². The summed E-state index contributed by atoms with van der Waals surface area (Å²) in [5.74, 6) is -0.298. The molecule has 25 heavy (non-hydrogen) atoms. The maximum atomic E-state index is 12.6. The summed E-state index contributed by atoms with van der Waals surface area (Å²) in [6.45, 7) is 2.15. The predicted molar refractivity (Wildman–Crippen MR) is 98.5 cm³/mol. The summed E-state index contributed by atoms with van der Waals surface area (Å²) in [6.07, 6.45) is 1.44. The van der Waals surface area contributed by atoms with Crippen molar-refractivity contribution in [1.29, 1.82) is 0 Å². The number of hydrogen-bond acceptors (Lipinski definition) is 5. The standard InChI is InChI=1S/C16H28Cl2N2O4S/c17-13-7-12(15(21)8-14(13)18)16(22)10-2-5-20(6-3-10)25(23,24)11-1-4-19-9-11/h10-16,19,21-22H,1-9H2/t11-,12?,13?,14?,15?,16+/m1/s1. The van der Waals surface area contributed by atoms with Crippen molar-refractivity contribution < 1.29 is 18.6 Å². The van der Waals surface area contributed by atoms with Gasteiger partial charge in [-0.3, -0.25) is 0 Å². The highest BCUT2D eigenvalue weighted by Gasteiger charge is 2.43. The molecular weight excluding hydrogens is 387 g/mol. The van der Waals surface area contributed by atoms with Gasteiger partial charge in [0.2, 0.25) is 10.0 Å². The lowest BCUT2D eigenvalue weighted by atomic mass is 9.75. The van der Waals surface area contributed by atoms with Gasteiger partial charge in [-0.1, -0.05) is 0 Å². The van der Waals surface area contributed by atoms with Gasteiger partial charge in [0.1, 0.15) is 0 Å². The van der Waals surface area contributed by atoms with E-state index in [-0.39, 0.29) is 27.8 Å². The van der Waals surface area contributed by atoms with Gasteiger partial charge in [0.15, 0.2) is 0 Å². The molecule has 0 aromatic rings. The zero-order chi connectivity index (χ0) is 18.2. The van der Waals surface area contributed by atoms with Gasteiger partial charge in [0.25, 0.3) is 0 Å². The van der Waals surface area contributed by atoms with Gasteiger partial charge in [0.05, 0.1) is 28.2 Å². The van der Waals surface area contributed by atoms with Crippen molar-refractivity contribution >= 4 is 33.2 Å². The Labute approximate surface area is 159 Å². The van der Waals surface area contributed by atoms with E-state index >= 15 is 0 Å². The summed E-state index contributed by atoms with van der Waals surface area (Å²) >= 11 is 12.3. The van der Waals surface area contributed by atoms with Crippen molar-refractivity contribution in [2.45, 2.75) is 60.3 Å². The van der Waals surface area contributed by atoms with Crippen molar-refractivity contribution in [2.24, 2.45) is 11.8 Å². The molecule has 2 saturated heterocycles. The van der Waals surface area contributed by atoms with Gasteiger partial charge in [0, 0.05) is 25.6 Å². The first-order valence-corrected chi connectivity index (χ1v) is 11.5. The Bertz CT molecular complexity index is 550. The lowest BCUT2D eigenvalue weighted by molar-refractivity contribution is -0.0462. The fraction of sp³-hybridized carbons (Fsp3) is 1.00. The number of halogens is 2. The number of rotatable bonds is 4. The molecule has 2 aliphatic heterocycles. The molecule has 4 unspecified atom stereocenters. The van der Waals surface area contributed by atoms with Crippen LogP contribution in [0.25, 0.3) is 0 Å². The third-order valence-electron chi connectivity index (χ3n) is 6.07. The molecule has 0 radical (unpaired) electrons. The van der Waals surface area contributed by atoms with Gasteiger partial charge >= 0.3 is 0 Å². The molecule has 146 valence electrons. The van der Waals surface area contributed by atoms with Crippen molar-refractivity contribution in [2.75, 3.05) is 26.2 Å². The van der Waals surface area contributed by atoms with Crippen LogP contribution in [0.2, 0.25) is 0 Å². The van der Waals surface area contributed by atoms with Gasteiger partial charge in [-0.2, -0.15) is 0 Å². The molecule has 3 aliphatic rings. The monoisotopic (exact) mass is 414 g/mol. The van der Waals surface area contributed by atoms with Crippen molar-refractivity contribution in [3.8, 4) is 0 Å². The Morgan fingerprint density at radius 3 is 2.32 bits per heavy atom. The highest BCUT2D eigenvalue weighted by Crippen LogP contribution is 2.38. The minimum atomic E-state index is -3.26. The topological polar surface area (TPSA) is 89.9 Å². The van der Waals surface area contributed by atoms with E-state index < -0.39 is 22.2 Å². The van der Waals surface area contributed by atoms with E-state index in [1.807, 2.05) is 0 Å². The first-order valence-electron chi connectivity index (χ1n) is 9.14. The van der Waals surface area contributed by atoms with E-state index in [9.17, 15) is 18.6 Å². The lowest BCUT2D eigenvalue weighted by Gasteiger charge is -2.41. The van der Waals surface area contributed by atoms with Crippen LogP contribution >= 0.6 is 23.2 Å². The van der Waals surface area contributed by atoms with Crippen molar-refractivity contribution in [3.05, 3.63) is 0 Å². The molecular formula is C16H28Cl2N2O4S. The lowest BCUT2D eigenvalue weighted by Crippen LogP contribution is -2.49. The van der Waals surface area contributed by atoms with Gasteiger partial charge in [-0.05, 0) is 44.6 Å². The maximum Gasteiger partial charge on any atom is 0.218 e. The first-order chi connectivity index (χ1) is 11.8. The minimum Gasteiger partial charge on any atom is -0.393 e. The average molecular weight is 415 g/mol. The van der Waals surface area contributed by atoms with Gasteiger partial charge in [-0.25, -0.2) is 12.7 Å². The molecule has 0 aromatic heterocycles. The van der Waals surface area contributed by atoms with Crippen LogP contribution in [0.15, 0.2) is 0 Å². The van der Waals surface area contributed by atoms with E-state index in [1.165, 1.54) is 0 Å². The molecule has 1 aliphatic carbocycles. The van der Waals surface area contributed by atoms with E-state index in [0.717, 1.165) is 6.54 Å². The quantitative estimate of drug-likeness (QED) is 0.590. The fourth-order valence-electron chi connectivity index (χ4n) is 4.40. The summed E-state index contributed by atoms with van der Waals surface area (Å²) in [7, 11) is -3.26. The molecule has 3 fully saturated rings. The summed E-state index contributed by atoms with van der Waals surface area (Å²) in [5.41, 5.74) is 0. The molecule has 1 saturated carbocycles. The fourth-order valence-corrected chi connectivity index (χ4v) is 6.88. The number of aliphatic hydroxyl groups excluding tert-OH is 2. The van der Waals surface area contributed by atoms with E-state index in [0.29, 0.717) is 51.7 Å². The average Bonchev–Trinajstić information content (AvgIpc) is 3.13. The number of sulfonamides is 1. The predicted octanol–water partition coefficient (Wildman–Crippen LogP) is 0.737. The maximum absolute atomic E-state index is 12.6. The zero-order valence-corrected chi connectivity index (χ0v) is 16.6. The SMILES string of the molecule is O=S(=O)([C@@H]1CCNC1)N1CCC([C@H](O)C2CC(Cl)C(Cl)CC2O)CC1. The van der Waals surface area contributed by atoms with Crippen molar-refractivity contribution in [1.82, 2.24) is 9.62 Å². The van der Waals surface area contributed by atoms with E-state index in [2.05, 4.69) is 5.32 Å². The second-order valence-corrected chi connectivity index (χ2v) is 11.0. The Hall–Kier alpha value is 0.370. The molecule has 0 bridgehead atoms. The van der Waals surface area contributed by atoms with Gasteiger partial charge < -0.3 is 15.5 Å². The molecule has 6 atom stereocenters. The summed E-state index contributed by atoms with van der Waals surface area (Å²) in [6, 6.07) is 0. The van der Waals surface area contributed by atoms with Crippen LogP contribution in [0.3, 0.4) is 0 Å². The van der Waals surface area contributed by atoms with Crippen LogP contribution in [-0.4, -0.2) is 77.3 Å². The summed E-state index contributed by atoms with van der Waals surface area (Å²) in [5, 5.41) is 23.3. The smallest absolute Gasteiger partial charge is 0.218 e. The van der Waals surface area contributed by atoms with Crippen LogP contribution in [0.1, 0.15) is 32.1 Å². The van der Waals surface area contributed by atoms with Crippen LogP contribution in [0.4, 0.5) is 0 Å². The molecule has 6 nitrogen and oxygen atoms in total. The number of alkyl halides is 2. The molecule has 0 amide bonds. The largest absolute Gasteiger partial charge is 0.393 e. The zero-order valence-electron chi connectivity index (χ0n) is 14.2. The minimum absolute atomic E-state index is 0.0106. The molecule has 2 heterocycles. The highest BCUT2D eigenvalue weighted by atomic mass is 35.5. The van der Waals surface area contributed by atoms with Crippen LogP contribution < -0.4 is 5.32 Å². The second kappa shape index (κ2) is 8.17. The number of nitrogens with zero attached hydrogens (tertiary/aromatic N) is 1. The van der Waals surface area contributed by atoms with Crippen molar-refractivity contribution in [3.63, 3.8) is 0 Å². The Morgan fingerprint density at radius 1 is 1.08 bits per heavy atom. The molecule has 0 aromatic carbocycles. The number of piperidine rings is 1. The summed E-state index contributed by atoms with van der Waals surface area (Å²) < 4.78 is 26.9. The van der Waals surface area contributed by atoms with Crippen LogP contribution in [0.5, 0.6) is 0 Å². The van der Waals surface area contributed by atoms with Gasteiger partial charge in [-0.15, -0.1) is 23.2 Å². The number of hydrogen-bond donors (Lipinski definition) is 3. The highest BCUT2D eigenvalue weighted by molar-refractivity contribution is 7.89. The molecule has 0 spiro atoms. The Kier molecular flexibility index (Phi) is 6.57. The number of aliphatic hydroxyl groups is 2. The first kappa shape index (κ1) is 20.1. The third kappa shape index (κ3) is 4.28. The molecule has 9 heteroatoms. The molecule has 3 N–H and O–H groups in total. The van der Waals surface area contributed by atoms with E-state index in [1.54, 1.807) is 4.31 Å². The third-order valence-corrected chi connectivity index (χ3v) is 9.49. The molecule has 3 rings (SSSR count). The second-order valence-electron chi connectivity index (χ2n) is 7.62. The Morgan fingerprint density at radius 2 is 1.72 bits per heavy atom. The normalized spacial score (nSPS) is 40.2. The van der Waals surface area contributed by atoms with Crippen LogP contribution in [-0.2, 0) is 10.0 Å². The Balaban J connectivity index is 1.56.